The number of ether oxygens (including phenoxy) is 2. The zero-order valence-corrected chi connectivity index (χ0v) is 14.6. The Hall–Kier alpha value is -1.17. The Morgan fingerprint density at radius 2 is 1.95 bits per heavy atom. The van der Waals surface area contributed by atoms with Gasteiger partial charge in [0.1, 0.15) is 12.4 Å². The van der Waals surface area contributed by atoms with Crippen molar-refractivity contribution in [3.05, 3.63) is 62.5 Å². The third kappa shape index (κ3) is 4.66. The van der Waals surface area contributed by atoms with Crippen LogP contribution in [0.25, 0.3) is 0 Å². The molecule has 2 aromatic rings. The number of carbonyl (C=O) groups excluding carboxylic acids is 1. The number of Topliss-reactive ketones (excluding diaryl/α,β-unsaturated/α-hetero) is 1. The Morgan fingerprint density at radius 3 is 2.62 bits per heavy atom. The zero-order chi connectivity index (χ0) is 15.2. The number of rotatable bonds is 6. The van der Waals surface area contributed by atoms with E-state index in [-0.39, 0.29) is 12.4 Å². The minimum absolute atomic E-state index is 0.0469. The maximum Gasteiger partial charge on any atom is 0.188 e. The molecule has 110 valence electrons. The third-order valence-corrected chi connectivity index (χ3v) is 3.98. The summed E-state index contributed by atoms with van der Waals surface area (Å²) in [6, 6.07) is 13.0. The summed E-state index contributed by atoms with van der Waals surface area (Å²) in [5.74, 6) is 0.634. The highest BCUT2D eigenvalue weighted by Gasteiger charge is 2.09. The number of benzene rings is 2. The number of hydrogen-bond donors (Lipinski definition) is 0. The minimum Gasteiger partial charge on any atom is -0.496 e. The molecular formula is C16H14Br2O3. The van der Waals surface area contributed by atoms with Gasteiger partial charge >= 0.3 is 0 Å². The Bertz CT molecular complexity index is 641. The molecule has 0 saturated carbocycles. The normalized spacial score (nSPS) is 10.4. The molecule has 0 aliphatic rings. The smallest absolute Gasteiger partial charge is 0.188 e. The van der Waals surface area contributed by atoms with Gasteiger partial charge in [0.2, 0.25) is 0 Å². The van der Waals surface area contributed by atoms with Crippen molar-refractivity contribution in [3.8, 4) is 5.75 Å². The lowest BCUT2D eigenvalue weighted by molar-refractivity contribution is 0.0726. The molecular weight excluding hydrogens is 400 g/mol. The Labute approximate surface area is 140 Å². The second-order valence-electron chi connectivity index (χ2n) is 4.40. The summed E-state index contributed by atoms with van der Waals surface area (Å²) in [5, 5.41) is 0. The fraction of sp³-hybridized carbons (Fsp3) is 0.188. The van der Waals surface area contributed by atoms with Crippen LogP contribution in [-0.4, -0.2) is 19.5 Å². The number of hydrogen-bond acceptors (Lipinski definition) is 3. The largest absolute Gasteiger partial charge is 0.496 e. The summed E-state index contributed by atoms with van der Waals surface area (Å²) < 4.78 is 12.4. The molecule has 0 saturated heterocycles. The SMILES string of the molecule is COc1ccc(C(=O)COCc2cccc(Br)c2)cc1Br. The first-order valence-corrected chi connectivity index (χ1v) is 7.87. The number of halogens is 2. The molecule has 0 atom stereocenters. The van der Waals surface area contributed by atoms with E-state index in [4.69, 9.17) is 9.47 Å². The predicted molar refractivity (Wildman–Crippen MR) is 88.8 cm³/mol. The molecule has 2 aromatic carbocycles. The van der Waals surface area contributed by atoms with Crippen molar-refractivity contribution >= 4 is 37.6 Å². The summed E-state index contributed by atoms with van der Waals surface area (Å²) in [7, 11) is 1.59. The van der Waals surface area contributed by atoms with E-state index in [1.54, 1.807) is 25.3 Å². The van der Waals surface area contributed by atoms with Crippen molar-refractivity contribution in [1.29, 1.82) is 0 Å². The molecule has 0 heterocycles. The van der Waals surface area contributed by atoms with E-state index in [9.17, 15) is 4.79 Å². The highest BCUT2D eigenvalue weighted by atomic mass is 79.9. The topological polar surface area (TPSA) is 35.5 Å². The lowest BCUT2D eigenvalue weighted by Gasteiger charge is -2.07. The van der Waals surface area contributed by atoms with E-state index < -0.39 is 0 Å². The van der Waals surface area contributed by atoms with E-state index in [1.165, 1.54) is 0 Å². The van der Waals surface area contributed by atoms with Gasteiger partial charge in [-0.05, 0) is 51.8 Å². The molecule has 21 heavy (non-hydrogen) atoms. The van der Waals surface area contributed by atoms with Crippen molar-refractivity contribution in [3.63, 3.8) is 0 Å². The predicted octanol–water partition coefficient (Wildman–Crippen LogP) is 4.62. The molecule has 0 aliphatic heterocycles. The highest BCUT2D eigenvalue weighted by Crippen LogP contribution is 2.25. The number of carbonyl (C=O) groups is 1. The molecule has 0 spiro atoms. The van der Waals surface area contributed by atoms with Crippen molar-refractivity contribution in [2.75, 3.05) is 13.7 Å². The van der Waals surface area contributed by atoms with Crippen molar-refractivity contribution < 1.29 is 14.3 Å². The van der Waals surface area contributed by atoms with E-state index >= 15 is 0 Å². The molecule has 5 heteroatoms. The summed E-state index contributed by atoms with van der Waals surface area (Å²) in [6.07, 6.45) is 0. The van der Waals surface area contributed by atoms with Crippen LogP contribution in [0, 0.1) is 0 Å². The average Bonchev–Trinajstić information content (AvgIpc) is 2.47. The van der Waals surface area contributed by atoms with Crippen LogP contribution in [0.15, 0.2) is 51.4 Å². The molecule has 0 aromatic heterocycles. The molecule has 2 rings (SSSR count). The molecule has 0 bridgehead atoms. The molecule has 0 N–H and O–H groups in total. The first-order chi connectivity index (χ1) is 10.1. The van der Waals surface area contributed by atoms with Gasteiger partial charge in [0.25, 0.3) is 0 Å². The number of ketones is 1. The zero-order valence-electron chi connectivity index (χ0n) is 11.4. The van der Waals surface area contributed by atoms with Crippen LogP contribution in [0.3, 0.4) is 0 Å². The number of methoxy groups -OCH3 is 1. The van der Waals surface area contributed by atoms with Crippen molar-refractivity contribution in [1.82, 2.24) is 0 Å². The van der Waals surface area contributed by atoms with Crippen LogP contribution in [0.1, 0.15) is 15.9 Å². The third-order valence-electron chi connectivity index (χ3n) is 2.86. The van der Waals surface area contributed by atoms with Gasteiger partial charge in [-0.25, -0.2) is 0 Å². The second-order valence-corrected chi connectivity index (χ2v) is 6.17. The quantitative estimate of drug-likeness (QED) is 0.648. The van der Waals surface area contributed by atoms with Crippen LogP contribution in [-0.2, 0) is 11.3 Å². The standard InChI is InChI=1S/C16H14Br2O3/c1-20-16-6-5-12(8-14(16)18)15(19)10-21-9-11-3-2-4-13(17)7-11/h2-8H,9-10H2,1H3. The van der Waals surface area contributed by atoms with Crippen LogP contribution < -0.4 is 4.74 Å². The van der Waals surface area contributed by atoms with Gasteiger partial charge in [0.15, 0.2) is 5.78 Å². The maximum absolute atomic E-state index is 12.1. The maximum atomic E-state index is 12.1. The van der Waals surface area contributed by atoms with Crippen molar-refractivity contribution in [2.24, 2.45) is 0 Å². The fourth-order valence-corrected chi connectivity index (χ4v) is 2.80. The summed E-state index contributed by atoms with van der Waals surface area (Å²) in [6.45, 7) is 0.452. The van der Waals surface area contributed by atoms with Gasteiger partial charge in [-0.3, -0.25) is 4.79 Å². The van der Waals surface area contributed by atoms with E-state index in [0.29, 0.717) is 17.9 Å². The van der Waals surface area contributed by atoms with Crippen LogP contribution in [0.4, 0.5) is 0 Å². The lowest BCUT2D eigenvalue weighted by atomic mass is 10.1. The van der Waals surface area contributed by atoms with Crippen molar-refractivity contribution in [2.45, 2.75) is 6.61 Å². The van der Waals surface area contributed by atoms with Gasteiger partial charge in [-0.2, -0.15) is 0 Å². The lowest BCUT2D eigenvalue weighted by Crippen LogP contribution is -2.09. The van der Waals surface area contributed by atoms with Gasteiger partial charge in [0.05, 0.1) is 18.2 Å². The molecule has 0 unspecified atom stereocenters. The van der Waals surface area contributed by atoms with E-state index in [0.717, 1.165) is 14.5 Å². The van der Waals surface area contributed by atoms with Gasteiger partial charge < -0.3 is 9.47 Å². The van der Waals surface area contributed by atoms with E-state index in [2.05, 4.69) is 31.9 Å². The molecule has 0 aliphatic carbocycles. The summed E-state index contributed by atoms with van der Waals surface area (Å²) in [5.41, 5.74) is 1.62. The molecule has 0 fully saturated rings. The Morgan fingerprint density at radius 1 is 1.14 bits per heavy atom. The van der Waals surface area contributed by atoms with Gasteiger partial charge in [-0.1, -0.05) is 28.1 Å². The van der Waals surface area contributed by atoms with Crippen LogP contribution in [0.5, 0.6) is 5.75 Å². The average molecular weight is 414 g/mol. The molecule has 0 radical (unpaired) electrons. The Kier molecular flexibility index (Phi) is 5.96. The van der Waals surface area contributed by atoms with Gasteiger partial charge in [-0.15, -0.1) is 0 Å². The fourth-order valence-electron chi connectivity index (χ4n) is 1.81. The van der Waals surface area contributed by atoms with E-state index in [1.807, 2.05) is 24.3 Å². The summed E-state index contributed by atoms with van der Waals surface area (Å²) >= 11 is 6.77. The minimum atomic E-state index is -0.0617. The molecule has 3 nitrogen and oxygen atoms in total. The van der Waals surface area contributed by atoms with Crippen LogP contribution in [0.2, 0.25) is 0 Å². The van der Waals surface area contributed by atoms with Crippen LogP contribution >= 0.6 is 31.9 Å². The van der Waals surface area contributed by atoms with Gasteiger partial charge in [0, 0.05) is 10.0 Å². The Balaban J connectivity index is 1.91. The molecule has 0 amide bonds. The second kappa shape index (κ2) is 7.73. The first kappa shape index (κ1) is 16.2. The monoisotopic (exact) mass is 412 g/mol. The highest BCUT2D eigenvalue weighted by molar-refractivity contribution is 9.10. The first-order valence-electron chi connectivity index (χ1n) is 6.29. The summed E-state index contributed by atoms with van der Waals surface area (Å²) in [4.78, 5) is 12.1.